The van der Waals surface area contributed by atoms with E-state index in [1.807, 2.05) is 0 Å². The molecule has 22 heavy (non-hydrogen) atoms. The van der Waals surface area contributed by atoms with Crippen LogP contribution in [0.5, 0.6) is 0 Å². The largest absolute Gasteiger partial charge is 0.478 e. The summed E-state index contributed by atoms with van der Waals surface area (Å²) in [5, 5.41) is 9.29. The molecule has 1 N–H and O–H groups in total. The number of carbonyl (C=O) groups is 1. The van der Waals surface area contributed by atoms with Crippen molar-refractivity contribution in [3.8, 4) is 0 Å². The molecule has 0 heterocycles. The lowest BCUT2D eigenvalue weighted by molar-refractivity contribution is -0.132. The predicted molar refractivity (Wildman–Crippen MR) is 96.3 cm³/mol. The van der Waals surface area contributed by atoms with Crippen molar-refractivity contribution in [1.82, 2.24) is 0 Å². The minimum Gasteiger partial charge on any atom is -0.478 e. The van der Waals surface area contributed by atoms with Crippen LogP contribution in [0.25, 0.3) is 0 Å². The van der Waals surface area contributed by atoms with E-state index in [1.165, 1.54) is 57.8 Å². The number of rotatable bonds is 14. The van der Waals surface area contributed by atoms with Gasteiger partial charge in [-0.1, -0.05) is 84.6 Å². The molecule has 0 saturated heterocycles. The fourth-order valence-electron chi connectivity index (χ4n) is 3.29. The molecule has 0 bridgehead atoms. The first-order chi connectivity index (χ1) is 10.5. The van der Waals surface area contributed by atoms with E-state index >= 15 is 0 Å². The number of aliphatic carboxylic acids is 1. The minimum absolute atomic E-state index is 0.113. The van der Waals surface area contributed by atoms with Gasteiger partial charge in [-0.25, -0.2) is 4.79 Å². The summed E-state index contributed by atoms with van der Waals surface area (Å²) in [6.07, 6.45) is 16.7. The second-order valence-corrected chi connectivity index (χ2v) is 6.87. The summed E-state index contributed by atoms with van der Waals surface area (Å²) in [5.41, 5.74) is 0.645. The van der Waals surface area contributed by atoms with Gasteiger partial charge in [0.25, 0.3) is 0 Å². The van der Waals surface area contributed by atoms with Gasteiger partial charge in [0, 0.05) is 5.57 Å². The van der Waals surface area contributed by atoms with Crippen LogP contribution in [0.3, 0.4) is 0 Å². The molecule has 0 spiro atoms. The quantitative estimate of drug-likeness (QED) is 0.285. The maximum atomic E-state index is 11.3. The van der Waals surface area contributed by atoms with Gasteiger partial charge >= 0.3 is 5.97 Å². The van der Waals surface area contributed by atoms with Crippen molar-refractivity contribution in [3.05, 3.63) is 11.6 Å². The zero-order chi connectivity index (χ0) is 16.8. The second kappa shape index (κ2) is 12.7. The lowest BCUT2D eigenvalue weighted by Gasteiger charge is -2.32. The van der Waals surface area contributed by atoms with Crippen LogP contribution in [0.2, 0.25) is 0 Å². The van der Waals surface area contributed by atoms with Gasteiger partial charge < -0.3 is 5.11 Å². The van der Waals surface area contributed by atoms with Crippen LogP contribution in [0.4, 0.5) is 0 Å². The maximum absolute atomic E-state index is 11.3. The SMILES string of the molecule is CCCCCC(C=C(C)C(=O)O)(CCCCC)CCCCC. The zero-order valence-electron chi connectivity index (χ0n) is 15.4. The molecule has 0 atom stereocenters. The summed E-state index contributed by atoms with van der Waals surface area (Å²) in [6.45, 7) is 8.45. The van der Waals surface area contributed by atoms with E-state index in [2.05, 4.69) is 26.8 Å². The van der Waals surface area contributed by atoms with Gasteiger partial charge in [0.1, 0.15) is 0 Å². The third-order valence-corrected chi connectivity index (χ3v) is 4.69. The highest BCUT2D eigenvalue weighted by Crippen LogP contribution is 2.39. The standard InChI is InChI=1S/C20H38O2/c1-5-8-11-14-20(15-12-9-6-2,16-13-10-7-3)17-18(4)19(21)22/h17H,5-16H2,1-4H3,(H,21,22). The Hall–Kier alpha value is -0.790. The Morgan fingerprint density at radius 2 is 1.18 bits per heavy atom. The molecule has 0 aliphatic rings. The topological polar surface area (TPSA) is 37.3 Å². The van der Waals surface area contributed by atoms with Crippen LogP contribution >= 0.6 is 0 Å². The average Bonchev–Trinajstić information content (AvgIpc) is 2.48. The Balaban J connectivity index is 5.08. The van der Waals surface area contributed by atoms with E-state index in [0.717, 1.165) is 19.3 Å². The van der Waals surface area contributed by atoms with Gasteiger partial charge in [0.15, 0.2) is 0 Å². The van der Waals surface area contributed by atoms with E-state index < -0.39 is 5.97 Å². The molecule has 130 valence electrons. The number of allylic oxidation sites excluding steroid dienone is 1. The third-order valence-electron chi connectivity index (χ3n) is 4.69. The van der Waals surface area contributed by atoms with Crippen LogP contribution in [-0.2, 0) is 4.79 Å². The summed E-state index contributed by atoms with van der Waals surface area (Å²) in [5.74, 6) is -0.758. The molecule has 0 aliphatic heterocycles. The molecule has 0 radical (unpaired) electrons. The Labute approximate surface area is 138 Å². The number of carboxylic acids is 1. The Morgan fingerprint density at radius 3 is 1.45 bits per heavy atom. The normalized spacial score (nSPS) is 12.6. The van der Waals surface area contributed by atoms with Crippen molar-refractivity contribution in [2.24, 2.45) is 5.41 Å². The molecule has 2 heteroatoms. The van der Waals surface area contributed by atoms with Crippen molar-refractivity contribution < 1.29 is 9.90 Å². The summed E-state index contributed by atoms with van der Waals surface area (Å²) >= 11 is 0. The van der Waals surface area contributed by atoms with Crippen LogP contribution in [-0.4, -0.2) is 11.1 Å². The van der Waals surface area contributed by atoms with Crippen LogP contribution in [0, 0.1) is 5.41 Å². The van der Waals surface area contributed by atoms with Gasteiger partial charge in [0.2, 0.25) is 0 Å². The van der Waals surface area contributed by atoms with Gasteiger partial charge in [0.05, 0.1) is 0 Å². The van der Waals surface area contributed by atoms with Gasteiger partial charge in [-0.3, -0.25) is 0 Å². The van der Waals surface area contributed by atoms with Crippen molar-refractivity contribution in [2.75, 3.05) is 0 Å². The molecule has 0 aromatic carbocycles. The maximum Gasteiger partial charge on any atom is 0.330 e. The lowest BCUT2D eigenvalue weighted by Crippen LogP contribution is -2.20. The molecule has 0 aliphatic carbocycles. The predicted octanol–water partition coefficient (Wildman–Crippen LogP) is 6.74. The van der Waals surface area contributed by atoms with Gasteiger partial charge in [-0.2, -0.15) is 0 Å². The first-order valence-corrected chi connectivity index (χ1v) is 9.44. The van der Waals surface area contributed by atoms with E-state index in [1.54, 1.807) is 6.92 Å². The first kappa shape index (κ1) is 21.2. The Morgan fingerprint density at radius 1 is 0.818 bits per heavy atom. The second-order valence-electron chi connectivity index (χ2n) is 6.87. The molecule has 2 nitrogen and oxygen atoms in total. The number of hydrogen-bond acceptors (Lipinski definition) is 1. The highest BCUT2D eigenvalue weighted by Gasteiger charge is 2.27. The minimum atomic E-state index is -0.758. The number of carboxylic acid groups (broad SMARTS) is 1. The molecule has 0 unspecified atom stereocenters. The molecule has 0 aromatic rings. The zero-order valence-corrected chi connectivity index (χ0v) is 15.4. The average molecular weight is 311 g/mol. The third kappa shape index (κ3) is 9.27. The molecule has 0 rings (SSSR count). The summed E-state index contributed by atoms with van der Waals surface area (Å²) in [4.78, 5) is 11.3. The number of unbranched alkanes of at least 4 members (excludes halogenated alkanes) is 6. The fourth-order valence-corrected chi connectivity index (χ4v) is 3.29. The van der Waals surface area contributed by atoms with Gasteiger partial charge in [-0.15, -0.1) is 0 Å². The monoisotopic (exact) mass is 310 g/mol. The van der Waals surface area contributed by atoms with Crippen LogP contribution in [0.1, 0.15) is 105 Å². The van der Waals surface area contributed by atoms with Crippen molar-refractivity contribution >= 4 is 5.97 Å². The van der Waals surface area contributed by atoms with Crippen LogP contribution in [0.15, 0.2) is 11.6 Å². The fraction of sp³-hybridized carbons (Fsp3) is 0.850. The van der Waals surface area contributed by atoms with Crippen molar-refractivity contribution in [2.45, 2.75) is 105 Å². The van der Waals surface area contributed by atoms with Gasteiger partial charge in [-0.05, 0) is 31.6 Å². The number of hydrogen-bond donors (Lipinski definition) is 1. The molecule has 0 fully saturated rings. The highest BCUT2D eigenvalue weighted by atomic mass is 16.4. The van der Waals surface area contributed by atoms with Crippen molar-refractivity contribution in [1.29, 1.82) is 0 Å². The Kier molecular flexibility index (Phi) is 12.3. The molecular weight excluding hydrogens is 272 g/mol. The smallest absolute Gasteiger partial charge is 0.330 e. The molecular formula is C20H38O2. The van der Waals surface area contributed by atoms with E-state index in [0.29, 0.717) is 5.57 Å². The van der Waals surface area contributed by atoms with E-state index in [4.69, 9.17) is 0 Å². The Bertz CT molecular complexity index is 291. The first-order valence-electron chi connectivity index (χ1n) is 9.44. The van der Waals surface area contributed by atoms with Crippen molar-refractivity contribution in [3.63, 3.8) is 0 Å². The molecule has 0 saturated carbocycles. The summed E-state index contributed by atoms with van der Waals surface area (Å²) < 4.78 is 0. The van der Waals surface area contributed by atoms with E-state index in [-0.39, 0.29) is 5.41 Å². The summed E-state index contributed by atoms with van der Waals surface area (Å²) in [7, 11) is 0. The van der Waals surface area contributed by atoms with E-state index in [9.17, 15) is 9.90 Å². The molecule has 0 aromatic heterocycles. The lowest BCUT2D eigenvalue weighted by atomic mass is 9.73. The highest BCUT2D eigenvalue weighted by molar-refractivity contribution is 5.85. The molecule has 0 amide bonds. The van der Waals surface area contributed by atoms with Crippen LogP contribution < -0.4 is 0 Å². The summed E-state index contributed by atoms with van der Waals surface area (Å²) in [6, 6.07) is 0.